The maximum Gasteiger partial charge on any atom is 0.230 e. The lowest BCUT2D eigenvalue weighted by atomic mass is 10.1. The molecule has 1 unspecified atom stereocenters. The number of nitrogens with zero attached hydrogens (tertiary/aromatic N) is 2. The number of amides is 1. The lowest BCUT2D eigenvalue weighted by Crippen LogP contribution is -2.24. The second-order valence-corrected chi connectivity index (χ2v) is 7.77. The molecule has 1 fully saturated rings. The molecule has 6 heteroatoms. The van der Waals surface area contributed by atoms with Crippen molar-refractivity contribution in [2.45, 2.75) is 32.4 Å². The molecule has 110 valence electrons. The fourth-order valence-corrected chi connectivity index (χ4v) is 4.59. The van der Waals surface area contributed by atoms with Gasteiger partial charge in [0.25, 0.3) is 0 Å². The molecule has 0 aliphatic carbocycles. The molecule has 2 heterocycles. The highest BCUT2D eigenvalue weighted by molar-refractivity contribution is 8.14. The minimum Gasteiger partial charge on any atom is -0.288 e. The quantitative estimate of drug-likeness (QED) is 0.852. The molecule has 1 amide bonds. The van der Waals surface area contributed by atoms with Gasteiger partial charge in [0.1, 0.15) is 0 Å². The number of carbonyl (C=O) groups excluding carboxylic acids is 2. The average molecular weight is 320 g/mol. The number of hydrogen-bond acceptors (Lipinski definition) is 5. The number of rotatable bonds is 2. The number of aryl methyl sites for hydroxylation is 2. The fourth-order valence-electron chi connectivity index (χ4n) is 2.54. The molecule has 1 aliphatic heterocycles. The van der Waals surface area contributed by atoms with E-state index in [-0.39, 0.29) is 16.3 Å². The zero-order chi connectivity index (χ0) is 15.1. The van der Waals surface area contributed by atoms with E-state index in [1.54, 1.807) is 23.2 Å². The van der Waals surface area contributed by atoms with Crippen molar-refractivity contribution < 1.29 is 9.59 Å². The number of thioether (sulfide) groups is 1. The molecular formula is C15H16N2O2S2. The van der Waals surface area contributed by atoms with Crippen LogP contribution in [-0.4, -0.2) is 27.8 Å². The summed E-state index contributed by atoms with van der Waals surface area (Å²) in [6, 6.07) is 4.14. The third-order valence-electron chi connectivity index (χ3n) is 3.58. The van der Waals surface area contributed by atoms with Gasteiger partial charge in [0.15, 0.2) is 10.2 Å². The van der Waals surface area contributed by atoms with E-state index in [1.807, 2.05) is 6.92 Å². The maximum absolute atomic E-state index is 12.2. The van der Waals surface area contributed by atoms with E-state index in [0.717, 1.165) is 20.9 Å². The Morgan fingerprint density at radius 1 is 1.38 bits per heavy atom. The van der Waals surface area contributed by atoms with E-state index < -0.39 is 0 Å². The van der Waals surface area contributed by atoms with Crippen molar-refractivity contribution in [3.8, 4) is 0 Å². The summed E-state index contributed by atoms with van der Waals surface area (Å²) in [4.78, 5) is 29.8. The first-order valence-corrected chi connectivity index (χ1v) is 8.49. The van der Waals surface area contributed by atoms with E-state index in [4.69, 9.17) is 0 Å². The third kappa shape index (κ3) is 2.70. The van der Waals surface area contributed by atoms with Crippen LogP contribution in [0.4, 0.5) is 5.13 Å². The number of carbonyl (C=O) groups is 2. The summed E-state index contributed by atoms with van der Waals surface area (Å²) in [5.41, 5.74) is 3.28. The Kier molecular flexibility index (Phi) is 3.75. The minimum absolute atomic E-state index is 0.0456. The molecule has 3 rings (SSSR count). The molecule has 4 nitrogen and oxygen atoms in total. The van der Waals surface area contributed by atoms with Crippen molar-refractivity contribution in [2.24, 2.45) is 0 Å². The first kappa shape index (κ1) is 14.5. The predicted molar refractivity (Wildman–Crippen MR) is 88.1 cm³/mol. The lowest BCUT2D eigenvalue weighted by molar-refractivity contribution is -0.117. The van der Waals surface area contributed by atoms with E-state index in [2.05, 4.69) is 24.0 Å². The molecule has 1 aromatic carbocycles. The van der Waals surface area contributed by atoms with Gasteiger partial charge in [-0.2, -0.15) is 0 Å². The molecule has 0 radical (unpaired) electrons. The van der Waals surface area contributed by atoms with Crippen LogP contribution in [0.1, 0.15) is 24.5 Å². The van der Waals surface area contributed by atoms with Crippen molar-refractivity contribution in [2.75, 3.05) is 11.4 Å². The van der Waals surface area contributed by atoms with Crippen LogP contribution >= 0.6 is 23.1 Å². The van der Waals surface area contributed by atoms with Crippen LogP contribution in [0.5, 0.6) is 0 Å². The van der Waals surface area contributed by atoms with Crippen LogP contribution in [0, 0.1) is 13.8 Å². The van der Waals surface area contributed by atoms with Crippen LogP contribution < -0.4 is 4.90 Å². The average Bonchev–Trinajstić information content (AvgIpc) is 2.98. The van der Waals surface area contributed by atoms with Crippen LogP contribution in [0.3, 0.4) is 0 Å². The monoisotopic (exact) mass is 320 g/mol. The van der Waals surface area contributed by atoms with E-state index in [1.165, 1.54) is 17.3 Å². The van der Waals surface area contributed by atoms with Gasteiger partial charge in [-0.25, -0.2) is 4.98 Å². The normalized spacial score (nSPS) is 18.7. The van der Waals surface area contributed by atoms with E-state index in [0.29, 0.717) is 13.0 Å². The Hall–Kier alpha value is -1.40. The van der Waals surface area contributed by atoms with Crippen LogP contribution in [-0.2, 0) is 9.59 Å². The van der Waals surface area contributed by atoms with Crippen molar-refractivity contribution >= 4 is 49.5 Å². The molecule has 0 saturated carbocycles. The summed E-state index contributed by atoms with van der Waals surface area (Å²) in [5, 5.41) is 0.855. The Morgan fingerprint density at radius 2 is 2.10 bits per heavy atom. The second kappa shape index (κ2) is 5.42. The van der Waals surface area contributed by atoms with Crippen molar-refractivity contribution in [1.82, 2.24) is 4.98 Å². The van der Waals surface area contributed by atoms with Gasteiger partial charge in [0, 0.05) is 25.1 Å². The summed E-state index contributed by atoms with van der Waals surface area (Å²) < 4.78 is 1.14. The van der Waals surface area contributed by atoms with Gasteiger partial charge in [0.05, 0.1) is 10.2 Å². The number of aromatic nitrogens is 1. The summed E-state index contributed by atoms with van der Waals surface area (Å²) in [6.07, 6.45) is 0.415. The van der Waals surface area contributed by atoms with E-state index in [9.17, 15) is 9.59 Å². The van der Waals surface area contributed by atoms with Gasteiger partial charge in [-0.15, -0.1) is 0 Å². The van der Waals surface area contributed by atoms with Gasteiger partial charge in [-0.05, 0) is 25.0 Å². The Bertz CT molecular complexity index is 700. The fraction of sp³-hybridized carbons (Fsp3) is 0.400. The van der Waals surface area contributed by atoms with Crippen molar-refractivity contribution in [1.29, 1.82) is 0 Å². The molecular weight excluding hydrogens is 304 g/mol. The van der Waals surface area contributed by atoms with Crippen molar-refractivity contribution in [3.05, 3.63) is 23.3 Å². The first-order valence-electron chi connectivity index (χ1n) is 6.80. The standard InChI is InChI=1S/C15H16N2O2S2/c1-8-4-5-9(2)14-13(8)16-15(21-14)17-7-11(6-12(17)19)20-10(3)18/h4-5,11H,6-7H2,1-3H3. The number of benzene rings is 1. The zero-order valence-electron chi connectivity index (χ0n) is 12.2. The zero-order valence-corrected chi connectivity index (χ0v) is 13.8. The molecule has 1 atom stereocenters. The smallest absolute Gasteiger partial charge is 0.230 e. The molecule has 1 aromatic heterocycles. The summed E-state index contributed by atoms with van der Waals surface area (Å²) in [6.45, 7) is 6.21. The number of anilines is 1. The van der Waals surface area contributed by atoms with Crippen molar-refractivity contribution in [3.63, 3.8) is 0 Å². The SMILES string of the molecule is CC(=O)SC1CC(=O)N(c2nc3c(C)ccc(C)c3s2)C1. The Morgan fingerprint density at radius 3 is 2.76 bits per heavy atom. The molecule has 0 bridgehead atoms. The minimum atomic E-state index is 0.0456. The van der Waals surface area contributed by atoms with E-state index >= 15 is 0 Å². The topological polar surface area (TPSA) is 50.3 Å². The molecule has 1 aliphatic rings. The van der Waals surface area contributed by atoms with Gasteiger partial charge in [0.2, 0.25) is 5.91 Å². The Labute approximate surface area is 131 Å². The second-order valence-electron chi connectivity index (χ2n) is 5.31. The Balaban J connectivity index is 1.94. The van der Waals surface area contributed by atoms with Crippen LogP contribution in [0.15, 0.2) is 12.1 Å². The summed E-state index contributed by atoms with van der Waals surface area (Å²) >= 11 is 2.81. The summed E-state index contributed by atoms with van der Waals surface area (Å²) in [7, 11) is 0. The number of thiazole rings is 1. The van der Waals surface area contributed by atoms with Gasteiger partial charge < -0.3 is 0 Å². The molecule has 0 N–H and O–H groups in total. The van der Waals surface area contributed by atoms with Gasteiger partial charge >= 0.3 is 0 Å². The number of hydrogen-bond donors (Lipinski definition) is 0. The third-order valence-corrected chi connectivity index (χ3v) is 5.78. The lowest BCUT2D eigenvalue weighted by Gasteiger charge is -2.11. The molecule has 2 aromatic rings. The highest BCUT2D eigenvalue weighted by atomic mass is 32.2. The molecule has 1 saturated heterocycles. The van der Waals surface area contributed by atoms with Crippen LogP contribution in [0.25, 0.3) is 10.2 Å². The van der Waals surface area contributed by atoms with Gasteiger partial charge in [-0.3, -0.25) is 14.5 Å². The molecule has 0 spiro atoms. The van der Waals surface area contributed by atoms with Gasteiger partial charge in [-0.1, -0.05) is 35.2 Å². The first-order chi connectivity index (χ1) is 9.95. The predicted octanol–water partition coefficient (Wildman–Crippen LogP) is 3.30. The molecule has 21 heavy (non-hydrogen) atoms. The van der Waals surface area contributed by atoms with Crippen LogP contribution in [0.2, 0.25) is 0 Å². The highest BCUT2D eigenvalue weighted by Crippen LogP contribution is 2.36. The summed E-state index contributed by atoms with van der Waals surface area (Å²) in [5.74, 6) is 0.0584. The largest absolute Gasteiger partial charge is 0.288 e. The highest BCUT2D eigenvalue weighted by Gasteiger charge is 2.33. The maximum atomic E-state index is 12.2. The number of fused-ring (bicyclic) bond motifs is 1.